The summed E-state index contributed by atoms with van der Waals surface area (Å²) < 4.78 is 5.55. The van der Waals surface area contributed by atoms with Crippen LogP contribution in [0, 0.1) is 0 Å². The van der Waals surface area contributed by atoms with Crippen molar-refractivity contribution < 1.29 is 14.0 Å². The molecule has 4 heteroatoms. The van der Waals surface area contributed by atoms with Gasteiger partial charge in [0, 0.05) is 16.7 Å². The maximum Gasteiger partial charge on any atom is 0.231 e. The van der Waals surface area contributed by atoms with Crippen LogP contribution in [0.3, 0.4) is 0 Å². The first-order valence-corrected chi connectivity index (χ1v) is 7.50. The van der Waals surface area contributed by atoms with Crippen LogP contribution in [0.1, 0.15) is 46.0 Å². The molecule has 0 N–H and O–H groups in total. The van der Waals surface area contributed by atoms with Crippen molar-refractivity contribution in [1.82, 2.24) is 4.98 Å². The van der Waals surface area contributed by atoms with Gasteiger partial charge in [0.25, 0.3) is 0 Å². The van der Waals surface area contributed by atoms with E-state index in [0.29, 0.717) is 11.1 Å². The third-order valence-corrected chi connectivity index (χ3v) is 3.49. The summed E-state index contributed by atoms with van der Waals surface area (Å²) in [5, 5.41) is 0. The highest BCUT2D eigenvalue weighted by atomic mass is 16.4. The molecule has 0 amide bonds. The molecule has 4 rings (SSSR count). The van der Waals surface area contributed by atoms with Crippen LogP contribution in [0.5, 0.6) is 0 Å². The van der Waals surface area contributed by atoms with E-state index in [1.54, 1.807) is 24.3 Å². The average molecular weight is 305 g/mol. The Hall–Kier alpha value is -3.01. The second-order valence-electron chi connectivity index (χ2n) is 4.77. The van der Waals surface area contributed by atoms with Crippen LogP contribution in [-0.4, -0.2) is 16.6 Å². The summed E-state index contributed by atoms with van der Waals surface area (Å²) in [4.78, 5) is 29.0. The lowest BCUT2D eigenvalue weighted by Gasteiger charge is -2.10. The Morgan fingerprint density at radius 3 is 2.00 bits per heavy atom. The predicted octanol–water partition coefficient (Wildman–Crippen LogP) is 4.14. The number of hydrogen-bond donors (Lipinski definition) is 0. The molecule has 0 atom stereocenters. The molecular weight excluding hydrogens is 290 g/mol. The maximum absolute atomic E-state index is 12.4. The van der Waals surface area contributed by atoms with Crippen molar-refractivity contribution in [2.75, 3.05) is 0 Å². The number of fused-ring (bicyclic) bond motifs is 2. The number of carbonyl (C=O) groups excluding carboxylic acids is 2. The van der Waals surface area contributed by atoms with E-state index in [4.69, 9.17) is 4.42 Å². The van der Waals surface area contributed by atoms with Crippen LogP contribution >= 0.6 is 0 Å². The molecule has 0 unspecified atom stereocenters. The Labute approximate surface area is 133 Å². The van der Waals surface area contributed by atoms with E-state index in [2.05, 4.69) is 4.98 Å². The first kappa shape index (κ1) is 14.9. The number of rotatable bonds is 1. The average Bonchev–Trinajstić information content (AvgIpc) is 3.08. The standard InChI is InChI=1S/C17H9NO3.C2H6/c19-14-11-8-4-5-9-12(11)15(20)16-13(14)18-17(21-16)10-6-2-1-3-7-10;1-2/h1-9H;1-2H3. The first-order valence-electron chi connectivity index (χ1n) is 7.50. The molecule has 1 heterocycles. The summed E-state index contributed by atoms with van der Waals surface area (Å²) in [6.07, 6.45) is 0. The number of hydrogen-bond acceptors (Lipinski definition) is 4. The van der Waals surface area contributed by atoms with Gasteiger partial charge in [-0.1, -0.05) is 56.3 Å². The third kappa shape index (κ3) is 2.38. The molecule has 0 saturated heterocycles. The zero-order valence-electron chi connectivity index (χ0n) is 12.9. The summed E-state index contributed by atoms with van der Waals surface area (Å²) in [5.41, 5.74) is 1.57. The molecule has 0 fully saturated rings. The molecule has 23 heavy (non-hydrogen) atoms. The van der Waals surface area contributed by atoms with Gasteiger partial charge in [-0.05, 0) is 12.1 Å². The van der Waals surface area contributed by atoms with Crippen LogP contribution in [0.15, 0.2) is 59.0 Å². The van der Waals surface area contributed by atoms with E-state index in [1.807, 2.05) is 44.2 Å². The first-order chi connectivity index (χ1) is 11.3. The molecule has 0 bridgehead atoms. The highest BCUT2D eigenvalue weighted by molar-refractivity contribution is 6.26. The quantitative estimate of drug-likeness (QED) is 0.530. The monoisotopic (exact) mass is 305 g/mol. The van der Waals surface area contributed by atoms with Crippen molar-refractivity contribution in [2.24, 2.45) is 0 Å². The Bertz CT molecular complexity index is 826. The highest BCUT2D eigenvalue weighted by Gasteiger charge is 2.35. The van der Waals surface area contributed by atoms with Gasteiger partial charge in [-0.15, -0.1) is 0 Å². The molecule has 114 valence electrons. The second-order valence-corrected chi connectivity index (χ2v) is 4.77. The molecule has 3 aromatic rings. The van der Waals surface area contributed by atoms with Crippen LogP contribution in [0.2, 0.25) is 0 Å². The number of carbonyl (C=O) groups is 2. The smallest absolute Gasteiger partial charge is 0.231 e. The normalized spacial score (nSPS) is 12.1. The minimum atomic E-state index is -0.296. The van der Waals surface area contributed by atoms with Crippen molar-refractivity contribution in [3.8, 4) is 11.5 Å². The van der Waals surface area contributed by atoms with Crippen molar-refractivity contribution in [3.63, 3.8) is 0 Å². The minimum Gasteiger partial charge on any atom is -0.432 e. The molecule has 1 aromatic heterocycles. The van der Waals surface area contributed by atoms with Gasteiger partial charge in [-0.2, -0.15) is 0 Å². The van der Waals surface area contributed by atoms with E-state index in [-0.39, 0.29) is 28.9 Å². The SMILES string of the molecule is CC.O=C1c2ccccc2C(=O)c2oc(-c3ccccc3)nc21. The van der Waals surface area contributed by atoms with E-state index >= 15 is 0 Å². The molecule has 0 radical (unpaired) electrons. The third-order valence-electron chi connectivity index (χ3n) is 3.49. The van der Waals surface area contributed by atoms with Crippen LogP contribution < -0.4 is 0 Å². The number of oxazole rings is 1. The van der Waals surface area contributed by atoms with Crippen molar-refractivity contribution in [3.05, 3.63) is 77.2 Å². The number of aromatic nitrogens is 1. The molecule has 0 aliphatic heterocycles. The van der Waals surface area contributed by atoms with Gasteiger partial charge >= 0.3 is 0 Å². The number of benzene rings is 2. The Kier molecular flexibility index (Phi) is 3.89. The molecular formula is C19H15NO3. The van der Waals surface area contributed by atoms with Gasteiger partial charge in [0.05, 0.1) is 0 Å². The highest BCUT2D eigenvalue weighted by Crippen LogP contribution is 2.30. The molecule has 0 saturated carbocycles. The zero-order valence-corrected chi connectivity index (χ0v) is 12.9. The minimum absolute atomic E-state index is 0.0255. The fourth-order valence-electron chi connectivity index (χ4n) is 2.46. The predicted molar refractivity (Wildman–Crippen MR) is 86.6 cm³/mol. The van der Waals surface area contributed by atoms with Crippen LogP contribution in [0.25, 0.3) is 11.5 Å². The van der Waals surface area contributed by atoms with Gasteiger partial charge in [-0.25, -0.2) is 4.98 Å². The van der Waals surface area contributed by atoms with Gasteiger partial charge in [0.15, 0.2) is 5.69 Å². The fraction of sp³-hybridized carbons (Fsp3) is 0.105. The molecule has 1 aliphatic carbocycles. The maximum atomic E-state index is 12.4. The van der Waals surface area contributed by atoms with Crippen molar-refractivity contribution >= 4 is 11.6 Å². The summed E-state index contributed by atoms with van der Waals surface area (Å²) in [5.74, 6) is -0.256. The Morgan fingerprint density at radius 1 is 0.783 bits per heavy atom. The summed E-state index contributed by atoms with van der Waals surface area (Å²) in [6.45, 7) is 4.00. The van der Waals surface area contributed by atoms with Crippen LogP contribution in [0.4, 0.5) is 0 Å². The van der Waals surface area contributed by atoms with Crippen molar-refractivity contribution in [1.29, 1.82) is 0 Å². The molecule has 1 aliphatic rings. The summed E-state index contributed by atoms with van der Waals surface area (Å²) in [7, 11) is 0. The van der Waals surface area contributed by atoms with E-state index in [9.17, 15) is 9.59 Å². The largest absolute Gasteiger partial charge is 0.432 e. The molecule has 0 spiro atoms. The van der Waals surface area contributed by atoms with E-state index < -0.39 is 0 Å². The summed E-state index contributed by atoms with van der Waals surface area (Å²) >= 11 is 0. The second kappa shape index (κ2) is 6.01. The van der Waals surface area contributed by atoms with Gasteiger partial charge < -0.3 is 4.42 Å². The Balaban J connectivity index is 0.000000753. The van der Waals surface area contributed by atoms with E-state index in [0.717, 1.165) is 5.56 Å². The topological polar surface area (TPSA) is 60.2 Å². The van der Waals surface area contributed by atoms with Gasteiger partial charge in [0.2, 0.25) is 23.2 Å². The molecule has 2 aromatic carbocycles. The molecule has 4 nitrogen and oxygen atoms in total. The van der Waals surface area contributed by atoms with E-state index in [1.165, 1.54) is 0 Å². The van der Waals surface area contributed by atoms with Crippen LogP contribution in [-0.2, 0) is 0 Å². The fourth-order valence-corrected chi connectivity index (χ4v) is 2.46. The number of nitrogens with zero attached hydrogens (tertiary/aromatic N) is 1. The Morgan fingerprint density at radius 2 is 1.35 bits per heavy atom. The number of ketones is 2. The lowest BCUT2D eigenvalue weighted by Crippen LogP contribution is -2.19. The van der Waals surface area contributed by atoms with Crippen molar-refractivity contribution in [2.45, 2.75) is 13.8 Å². The summed E-state index contributed by atoms with van der Waals surface area (Å²) in [6, 6.07) is 15.9. The zero-order chi connectivity index (χ0) is 16.4. The van der Waals surface area contributed by atoms with Gasteiger partial charge in [-0.3, -0.25) is 9.59 Å². The lowest BCUT2D eigenvalue weighted by atomic mass is 9.91. The van der Waals surface area contributed by atoms with Gasteiger partial charge in [0.1, 0.15) is 0 Å². The lowest BCUT2D eigenvalue weighted by molar-refractivity contribution is 0.0959.